The topological polar surface area (TPSA) is 59.4 Å². The van der Waals surface area contributed by atoms with Crippen molar-refractivity contribution in [3.63, 3.8) is 0 Å². The highest BCUT2D eigenvalue weighted by molar-refractivity contribution is 5.76. The number of rotatable bonds is 7. The van der Waals surface area contributed by atoms with Gasteiger partial charge in [0.05, 0.1) is 18.9 Å². The Kier molecular flexibility index (Phi) is 7.24. The molecule has 1 N–H and O–H groups in total. The van der Waals surface area contributed by atoms with Crippen LogP contribution in [-0.2, 0) is 35.6 Å². The van der Waals surface area contributed by atoms with Gasteiger partial charge < -0.3 is 10.1 Å². The van der Waals surface area contributed by atoms with Crippen molar-refractivity contribution in [3.8, 4) is 0 Å². The van der Waals surface area contributed by atoms with E-state index in [1.165, 1.54) is 49.1 Å². The number of nitrogens with one attached hydrogen (secondary N) is 1. The molecule has 6 heteroatoms. The average Bonchev–Trinajstić information content (AvgIpc) is 3.12. The van der Waals surface area contributed by atoms with Crippen LogP contribution in [0.15, 0.2) is 0 Å². The van der Waals surface area contributed by atoms with Gasteiger partial charge in [-0.3, -0.25) is 14.4 Å². The van der Waals surface area contributed by atoms with Crippen LogP contribution in [0.1, 0.15) is 75.2 Å². The van der Waals surface area contributed by atoms with Crippen LogP contribution in [0.3, 0.4) is 0 Å². The molecule has 29 heavy (non-hydrogen) atoms. The number of fused-ring (bicyclic) bond motifs is 1. The van der Waals surface area contributed by atoms with Gasteiger partial charge in [-0.15, -0.1) is 0 Å². The van der Waals surface area contributed by atoms with E-state index in [2.05, 4.69) is 21.8 Å². The van der Waals surface area contributed by atoms with Crippen LogP contribution in [0.4, 0.5) is 0 Å². The van der Waals surface area contributed by atoms with Gasteiger partial charge >= 0.3 is 0 Å². The summed E-state index contributed by atoms with van der Waals surface area (Å²) in [6, 6.07) is 0. The smallest absolute Gasteiger partial charge is 0.220 e. The van der Waals surface area contributed by atoms with Crippen LogP contribution in [0.25, 0.3) is 0 Å². The quantitative estimate of drug-likeness (QED) is 0.760. The first-order chi connectivity index (χ1) is 14.2. The number of aryl methyl sites for hydroxylation is 1. The molecule has 162 valence electrons. The minimum atomic E-state index is 0.274. The molecule has 2 fully saturated rings. The highest BCUT2D eigenvalue weighted by atomic mass is 16.5. The Hall–Kier alpha value is -1.40. The Balaban J connectivity index is 1.20. The second kappa shape index (κ2) is 10.1. The number of piperidine rings is 1. The molecule has 1 aromatic rings. The first kappa shape index (κ1) is 20.9. The molecule has 1 aliphatic carbocycles. The molecule has 0 unspecified atom stereocenters. The van der Waals surface area contributed by atoms with Crippen molar-refractivity contribution in [2.45, 2.75) is 84.4 Å². The van der Waals surface area contributed by atoms with Gasteiger partial charge in [0, 0.05) is 43.7 Å². The van der Waals surface area contributed by atoms with Crippen LogP contribution < -0.4 is 5.32 Å². The van der Waals surface area contributed by atoms with Crippen molar-refractivity contribution in [3.05, 3.63) is 17.0 Å². The van der Waals surface area contributed by atoms with Gasteiger partial charge in [-0.2, -0.15) is 5.10 Å². The SMILES string of the molecule is CCn1nc(CN2CCC(CNC(=O)CC3CCCCC3)CC2)c2c1CCOC2. The molecule has 3 aliphatic rings. The molecule has 0 radical (unpaired) electrons. The summed E-state index contributed by atoms with van der Waals surface area (Å²) in [4.78, 5) is 14.8. The molecule has 0 atom stereocenters. The molecular weight excluding hydrogens is 364 g/mol. The number of aromatic nitrogens is 2. The van der Waals surface area contributed by atoms with Crippen molar-refractivity contribution in [2.24, 2.45) is 11.8 Å². The van der Waals surface area contributed by atoms with E-state index in [4.69, 9.17) is 9.84 Å². The molecule has 0 bridgehead atoms. The molecule has 1 saturated heterocycles. The van der Waals surface area contributed by atoms with Gasteiger partial charge in [0.2, 0.25) is 5.91 Å². The second-order valence-electron chi connectivity index (χ2n) is 9.22. The maximum atomic E-state index is 12.3. The fraction of sp³-hybridized carbons (Fsp3) is 0.826. The van der Waals surface area contributed by atoms with E-state index in [0.717, 1.165) is 65.0 Å². The number of ether oxygens (including phenoxy) is 1. The van der Waals surface area contributed by atoms with Crippen LogP contribution in [0.2, 0.25) is 0 Å². The number of hydrogen-bond acceptors (Lipinski definition) is 4. The minimum Gasteiger partial charge on any atom is -0.376 e. The van der Waals surface area contributed by atoms with Crippen LogP contribution >= 0.6 is 0 Å². The Morgan fingerprint density at radius 3 is 2.69 bits per heavy atom. The monoisotopic (exact) mass is 402 g/mol. The largest absolute Gasteiger partial charge is 0.376 e. The van der Waals surface area contributed by atoms with Gasteiger partial charge in [-0.05, 0) is 57.5 Å². The van der Waals surface area contributed by atoms with Crippen molar-refractivity contribution in [1.29, 1.82) is 0 Å². The molecular formula is C23H38N4O2. The molecule has 6 nitrogen and oxygen atoms in total. The molecule has 3 heterocycles. The number of carbonyl (C=O) groups excluding carboxylic acids is 1. The van der Waals surface area contributed by atoms with Crippen molar-refractivity contribution in [2.75, 3.05) is 26.2 Å². The van der Waals surface area contributed by atoms with Gasteiger partial charge in [-0.1, -0.05) is 19.3 Å². The lowest BCUT2D eigenvalue weighted by atomic mass is 9.87. The summed E-state index contributed by atoms with van der Waals surface area (Å²) in [6.45, 7) is 8.61. The summed E-state index contributed by atoms with van der Waals surface area (Å²) in [5.74, 6) is 1.52. The summed E-state index contributed by atoms with van der Waals surface area (Å²) in [5.41, 5.74) is 3.92. The highest BCUT2D eigenvalue weighted by Gasteiger charge is 2.25. The van der Waals surface area contributed by atoms with E-state index in [1.54, 1.807) is 0 Å². The Bertz CT molecular complexity index is 673. The third-order valence-corrected chi connectivity index (χ3v) is 7.15. The standard InChI is InChI=1S/C23H38N4O2/c1-2-27-22-10-13-29-17-20(22)21(25-27)16-26-11-8-19(9-12-26)15-24-23(28)14-18-6-4-3-5-7-18/h18-19H,2-17H2,1H3,(H,24,28). The van der Waals surface area contributed by atoms with Gasteiger partial charge in [0.25, 0.3) is 0 Å². The lowest BCUT2D eigenvalue weighted by Crippen LogP contribution is -2.39. The number of amides is 1. The van der Waals surface area contributed by atoms with Crippen LogP contribution in [0.5, 0.6) is 0 Å². The Morgan fingerprint density at radius 1 is 1.14 bits per heavy atom. The van der Waals surface area contributed by atoms with Crippen molar-refractivity contribution in [1.82, 2.24) is 20.0 Å². The van der Waals surface area contributed by atoms with E-state index in [-0.39, 0.29) is 5.91 Å². The second-order valence-corrected chi connectivity index (χ2v) is 9.22. The normalized spacial score (nSPS) is 21.8. The molecule has 0 spiro atoms. The zero-order valence-electron chi connectivity index (χ0n) is 18.1. The van der Waals surface area contributed by atoms with Gasteiger partial charge in [0.15, 0.2) is 0 Å². The zero-order chi connectivity index (χ0) is 20.1. The van der Waals surface area contributed by atoms with E-state index in [0.29, 0.717) is 18.4 Å². The first-order valence-electron chi connectivity index (χ1n) is 11.9. The molecule has 2 aliphatic heterocycles. The zero-order valence-corrected chi connectivity index (χ0v) is 18.1. The third-order valence-electron chi connectivity index (χ3n) is 7.15. The summed E-state index contributed by atoms with van der Waals surface area (Å²) in [5, 5.41) is 8.10. The van der Waals surface area contributed by atoms with Crippen LogP contribution in [0, 0.1) is 11.8 Å². The molecule has 4 rings (SSSR count). The lowest BCUT2D eigenvalue weighted by Gasteiger charge is -2.32. The van der Waals surface area contributed by atoms with Crippen LogP contribution in [-0.4, -0.2) is 46.8 Å². The number of nitrogens with zero attached hydrogens (tertiary/aromatic N) is 3. The predicted molar refractivity (Wildman–Crippen MR) is 113 cm³/mol. The summed E-state index contributed by atoms with van der Waals surface area (Å²) >= 11 is 0. The summed E-state index contributed by atoms with van der Waals surface area (Å²) in [7, 11) is 0. The van der Waals surface area contributed by atoms with E-state index in [1.807, 2.05) is 0 Å². The van der Waals surface area contributed by atoms with Crippen molar-refractivity contribution < 1.29 is 9.53 Å². The predicted octanol–water partition coefficient (Wildman–Crippen LogP) is 3.27. The maximum Gasteiger partial charge on any atom is 0.220 e. The molecule has 1 saturated carbocycles. The molecule has 0 aromatic carbocycles. The van der Waals surface area contributed by atoms with Crippen molar-refractivity contribution >= 4 is 5.91 Å². The Morgan fingerprint density at radius 2 is 1.93 bits per heavy atom. The number of hydrogen-bond donors (Lipinski definition) is 1. The highest BCUT2D eigenvalue weighted by Crippen LogP contribution is 2.27. The van der Waals surface area contributed by atoms with Gasteiger partial charge in [-0.25, -0.2) is 0 Å². The van der Waals surface area contributed by atoms with E-state index in [9.17, 15) is 4.79 Å². The fourth-order valence-corrected chi connectivity index (χ4v) is 5.31. The summed E-state index contributed by atoms with van der Waals surface area (Å²) < 4.78 is 7.87. The lowest BCUT2D eigenvalue weighted by molar-refractivity contribution is -0.122. The summed E-state index contributed by atoms with van der Waals surface area (Å²) in [6.07, 6.45) is 10.5. The van der Waals surface area contributed by atoms with E-state index < -0.39 is 0 Å². The molecule has 1 amide bonds. The first-order valence-corrected chi connectivity index (χ1v) is 11.9. The average molecular weight is 403 g/mol. The van der Waals surface area contributed by atoms with Gasteiger partial charge in [0.1, 0.15) is 0 Å². The number of likely N-dealkylation sites (tertiary alicyclic amines) is 1. The minimum absolute atomic E-state index is 0.274. The fourth-order valence-electron chi connectivity index (χ4n) is 5.31. The van der Waals surface area contributed by atoms with E-state index >= 15 is 0 Å². The molecule has 1 aromatic heterocycles. The number of carbonyl (C=O) groups is 1. The Labute approximate surface area is 175 Å². The maximum absolute atomic E-state index is 12.3. The third kappa shape index (κ3) is 5.40.